The van der Waals surface area contributed by atoms with Crippen LogP contribution in [-0.4, -0.2) is 0 Å². The van der Waals surface area contributed by atoms with Crippen LogP contribution in [0.4, 0.5) is 17.1 Å². The van der Waals surface area contributed by atoms with Crippen molar-refractivity contribution < 1.29 is 8.83 Å². The molecule has 0 saturated heterocycles. The third-order valence-corrected chi connectivity index (χ3v) is 8.46. The second-order valence-corrected chi connectivity index (χ2v) is 10.9. The molecule has 0 aliphatic rings. The van der Waals surface area contributed by atoms with Crippen LogP contribution in [0, 0.1) is 0 Å². The van der Waals surface area contributed by atoms with Crippen LogP contribution in [0.3, 0.4) is 0 Å². The molecule has 0 amide bonds. The topological polar surface area (TPSA) is 29.5 Å². The van der Waals surface area contributed by atoms with E-state index in [1.54, 1.807) is 0 Å². The highest BCUT2D eigenvalue weighted by molar-refractivity contribution is 6.11. The van der Waals surface area contributed by atoms with Crippen molar-refractivity contribution in [2.24, 2.45) is 0 Å². The van der Waals surface area contributed by atoms with Crippen LogP contribution >= 0.6 is 0 Å². The summed E-state index contributed by atoms with van der Waals surface area (Å²) in [5, 5.41) is 6.88. The van der Waals surface area contributed by atoms with Crippen molar-refractivity contribution in [3.63, 3.8) is 0 Å². The third kappa shape index (κ3) is 3.75. The zero-order chi connectivity index (χ0) is 28.3. The van der Waals surface area contributed by atoms with Crippen LogP contribution < -0.4 is 4.90 Å². The van der Waals surface area contributed by atoms with Crippen LogP contribution in [0.25, 0.3) is 65.8 Å². The van der Waals surface area contributed by atoms with Crippen molar-refractivity contribution in [3.05, 3.63) is 152 Å². The van der Waals surface area contributed by atoms with Crippen LogP contribution in [0.2, 0.25) is 0 Å². The van der Waals surface area contributed by atoms with E-state index in [9.17, 15) is 0 Å². The summed E-state index contributed by atoms with van der Waals surface area (Å²) in [6.45, 7) is 0. The van der Waals surface area contributed by atoms with E-state index < -0.39 is 0 Å². The van der Waals surface area contributed by atoms with Crippen LogP contribution in [0.5, 0.6) is 0 Å². The fourth-order valence-corrected chi connectivity index (χ4v) is 6.48. The lowest BCUT2D eigenvalue weighted by Crippen LogP contribution is -2.10. The van der Waals surface area contributed by atoms with Crippen molar-refractivity contribution >= 4 is 71.7 Å². The standard InChI is InChI=1S/C40H25NO2/c1-2-10-27(11-3-1)41(28-19-20-34-32-14-6-8-16-37(32)43-40(34)25-28)36-22-21-29(30-12-4-5-13-31(30)36)26-18-23-39-35(24-26)33-15-7-9-17-38(33)42-39/h1-25H. The van der Waals surface area contributed by atoms with Gasteiger partial charge >= 0.3 is 0 Å². The van der Waals surface area contributed by atoms with Crippen LogP contribution in [0.1, 0.15) is 0 Å². The lowest BCUT2D eigenvalue weighted by molar-refractivity contribution is 0.668. The van der Waals surface area contributed by atoms with Gasteiger partial charge in [-0.1, -0.05) is 91.0 Å². The van der Waals surface area contributed by atoms with Gasteiger partial charge in [0.1, 0.15) is 22.3 Å². The number of nitrogens with zero attached hydrogens (tertiary/aromatic N) is 1. The molecule has 0 N–H and O–H groups in total. The molecule has 0 spiro atoms. The van der Waals surface area contributed by atoms with Crippen molar-refractivity contribution in [2.45, 2.75) is 0 Å². The molecular weight excluding hydrogens is 526 g/mol. The largest absolute Gasteiger partial charge is 0.456 e. The van der Waals surface area contributed by atoms with E-state index in [0.29, 0.717) is 0 Å². The maximum atomic E-state index is 6.30. The summed E-state index contributed by atoms with van der Waals surface area (Å²) in [5.74, 6) is 0. The van der Waals surface area contributed by atoms with E-state index in [-0.39, 0.29) is 0 Å². The van der Waals surface area contributed by atoms with Gasteiger partial charge in [-0.25, -0.2) is 0 Å². The lowest BCUT2D eigenvalue weighted by atomic mass is 9.95. The summed E-state index contributed by atoms with van der Waals surface area (Å²) in [6, 6.07) is 53.2. The molecule has 9 aromatic rings. The van der Waals surface area contributed by atoms with E-state index in [1.165, 1.54) is 16.3 Å². The SMILES string of the molecule is c1ccc(N(c2ccc3c(c2)oc2ccccc23)c2ccc(-c3ccc4oc5ccccc5c4c3)c3ccccc23)cc1. The van der Waals surface area contributed by atoms with Gasteiger partial charge < -0.3 is 13.7 Å². The molecule has 202 valence electrons. The number of para-hydroxylation sites is 3. The summed E-state index contributed by atoms with van der Waals surface area (Å²) >= 11 is 0. The van der Waals surface area contributed by atoms with Crippen molar-refractivity contribution in [1.82, 2.24) is 0 Å². The Bertz CT molecular complexity index is 2470. The predicted octanol–water partition coefficient (Wildman–Crippen LogP) is 11.8. The molecule has 0 unspecified atom stereocenters. The molecule has 0 aliphatic heterocycles. The maximum Gasteiger partial charge on any atom is 0.137 e. The Kier molecular flexibility index (Phi) is 5.20. The monoisotopic (exact) mass is 551 g/mol. The van der Waals surface area contributed by atoms with Gasteiger partial charge in [0.15, 0.2) is 0 Å². The molecule has 0 bridgehead atoms. The molecule has 2 heterocycles. The molecule has 0 saturated carbocycles. The molecule has 9 rings (SSSR count). The van der Waals surface area contributed by atoms with E-state index in [2.05, 4.69) is 132 Å². The number of rotatable bonds is 4. The second-order valence-electron chi connectivity index (χ2n) is 10.9. The Morgan fingerprint density at radius 2 is 0.953 bits per heavy atom. The quantitative estimate of drug-likeness (QED) is 0.218. The molecule has 3 heteroatoms. The van der Waals surface area contributed by atoms with Gasteiger partial charge in [-0.2, -0.15) is 0 Å². The summed E-state index contributed by atoms with van der Waals surface area (Å²) in [5.41, 5.74) is 9.18. The minimum absolute atomic E-state index is 0.876. The van der Waals surface area contributed by atoms with E-state index in [4.69, 9.17) is 8.83 Å². The molecule has 2 aromatic heterocycles. The lowest BCUT2D eigenvalue weighted by Gasteiger charge is -2.27. The Morgan fingerprint density at radius 3 is 1.74 bits per heavy atom. The first-order chi connectivity index (χ1) is 21.3. The average molecular weight is 552 g/mol. The second kappa shape index (κ2) is 9.37. The molecule has 0 radical (unpaired) electrons. The van der Waals surface area contributed by atoms with E-state index in [1.807, 2.05) is 24.3 Å². The summed E-state index contributed by atoms with van der Waals surface area (Å²) in [7, 11) is 0. The van der Waals surface area contributed by atoms with Crippen molar-refractivity contribution in [1.29, 1.82) is 0 Å². The first-order valence-electron chi connectivity index (χ1n) is 14.5. The zero-order valence-electron chi connectivity index (χ0n) is 23.2. The Morgan fingerprint density at radius 1 is 0.349 bits per heavy atom. The zero-order valence-corrected chi connectivity index (χ0v) is 23.2. The van der Waals surface area contributed by atoms with Crippen LogP contribution in [0.15, 0.2) is 160 Å². The number of furan rings is 2. The Balaban J connectivity index is 1.25. The molecule has 7 aromatic carbocycles. The van der Waals surface area contributed by atoms with Gasteiger partial charge in [-0.3, -0.25) is 0 Å². The van der Waals surface area contributed by atoms with Gasteiger partial charge in [-0.05, 0) is 71.1 Å². The highest BCUT2D eigenvalue weighted by Crippen LogP contribution is 2.44. The van der Waals surface area contributed by atoms with E-state index >= 15 is 0 Å². The fourth-order valence-electron chi connectivity index (χ4n) is 6.48. The van der Waals surface area contributed by atoms with Gasteiger partial charge in [0.2, 0.25) is 0 Å². The molecule has 0 aliphatic carbocycles. The average Bonchev–Trinajstić information content (AvgIpc) is 3.63. The van der Waals surface area contributed by atoms with Gasteiger partial charge in [-0.15, -0.1) is 0 Å². The normalized spacial score (nSPS) is 11.7. The number of anilines is 3. The minimum Gasteiger partial charge on any atom is -0.456 e. The van der Waals surface area contributed by atoms with E-state index in [0.717, 1.165) is 66.5 Å². The van der Waals surface area contributed by atoms with Crippen molar-refractivity contribution in [3.8, 4) is 11.1 Å². The number of hydrogen-bond acceptors (Lipinski definition) is 3. The van der Waals surface area contributed by atoms with Crippen LogP contribution in [-0.2, 0) is 0 Å². The molecule has 43 heavy (non-hydrogen) atoms. The smallest absolute Gasteiger partial charge is 0.137 e. The molecule has 3 nitrogen and oxygen atoms in total. The Hall–Kier alpha value is -5.80. The highest BCUT2D eigenvalue weighted by atomic mass is 16.3. The Labute approximate surface area is 247 Å². The fraction of sp³-hybridized carbons (Fsp3) is 0. The first kappa shape index (κ1) is 23.9. The van der Waals surface area contributed by atoms with Gasteiger partial charge in [0.05, 0.1) is 5.69 Å². The summed E-state index contributed by atoms with van der Waals surface area (Å²) in [6.07, 6.45) is 0. The first-order valence-corrected chi connectivity index (χ1v) is 14.5. The highest BCUT2D eigenvalue weighted by Gasteiger charge is 2.19. The summed E-state index contributed by atoms with van der Waals surface area (Å²) < 4.78 is 12.4. The molecular formula is C40H25NO2. The number of hydrogen-bond donors (Lipinski definition) is 0. The number of benzene rings is 7. The molecule has 0 fully saturated rings. The summed E-state index contributed by atoms with van der Waals surface area (Å²) in [4.78, 5) is 2.32. The molecule has 0 atom stereocenters. The van der Waals surface area contributed by atoms with Gasteiger partial charge in [0, 0.05) is 44.4 Å². The maximum absolute atomic E-state index is 6.30. The number of fused-ring (bicyclic) bond motifs is 7. The third-order valence-electron chi connectivity index (χ3n) is 8.46. The van der Waals surface area contributed by atoms with Gasteiger partial charge in [0.25, 0.3) is 0 Å². The van der Waals surface area contributed by atoms with Crippen molar-refractivity contribution in [2.75, 3.05) is 4.90 Å². The minimum atomic E-state index is 0.876. The predicted molar refractivity (Wildman–Crippen MR) is 179 cm³/mol.